The summed E-state index contributed by atoms with van der Waals surface area (Å²) in [5.74, 6) is 2.60. The molecule has 8 nitrogen and oxygen atoms in total. The summed E-state index contributed by atoms with van der Waals surface area (Å²) in [4.78, 5) is 27.1. The van der Waals surface area contributed by atoms with Gasteiger partial charge in [0.1, 0.15) is 5.84 Å². The van der Waals surface area contributed by atoms with E-state index >= 15 is 0 Å². The molecule has 3 aromatic rings. The first-order valence-corrected chi connectivity index (χ1v) is 9.98. The molecule has 0 atom stereocenters. The van der Waals surface area contributed by atoms with Gasteiger partial charge in [0.2, 0.25) is 5.95 Å². The van der Waals surface area contributed by atoms with Crippen LogP contribution in [-0.2, 0) is 13.0 Å². The van der Waals surface area contributed by atoms with Gasteiger partial charge in [-0.3, -0.25) is 14.8 Å². The summed E-state index contributed by atoms with van der Waals surface area (Å²) in [5.41, 5.74) is 4.11. The second kappa shape index (κ2) is 7.37. The Kier molecular flexibility index (Phi) is 4.54. The molecule has 0 amide bonds. The first kappa shape index (κ1) is 18.5. The summed E-state index contributed by atoms with van der Waals surface area (Å²) < 4.78 is 10.7. The summed E-state index contributed by atoms with van der Waals surface area (Å²) in [7, 11) is 3.12. The number of ether oxygens (including phenoxy) is 2. The number of nitrogens with one attached hydrogen (secondary N) is 2. The van der Waals surface area contributed by atoms with E-state index in [9.17, 15) is 4.79 Å². The Bertz CT molecular complexity index is 1220. The van der Waals surface area contributed by atoms with Crippen molar-refractivity contribution < 1.29 is 9.47 Å². The highest BCUT2D eigenvalue weighted by molar-refractivity contribution is 6.01. The number of rotatable bonds is 4. The zero-order chi connectivity index (χ0) is 20.7. The molecule has 30 heavy (non-hydrogen) atoms. The average molecular weight is 405 g/mol. The normalized spacial score (nSPS) is 15.5. The van der Waals surface area contributed by atoms with Crippen LogP contribution in [0.2, 0.25) is 0 Å². The fourth-order valence-electron chi connectivity index (χ4n) is 4.19. The van der Waals surface area contributed by atoms with Gasteiger partial charge in [0.25, 0.3) is 5.56 Å². The third-order valence-corrected chi connectivity index (χ3v) is 5.69. The van der Waals surface area contributed by atoms with Crippen molar-refractivity contribution in [2.45, 2.75) is 13.0 Å². The standard InChI is InChI=1S/C22H23N5O3/c1-29-18-10-16-17(11-19(18)30-2)25-22(26-21(16)28)27-9-6-14-13(12-27)4-3-5-15(14)20-23-7-8-24-20/h3-5,10-11H,6-9,12H2,1-2H3,(H,23,24)(H,25,26,28). The van der Waals surface area contributed by atoms with Crippen LogP contribution in [0.3, 0.4) is 0 Å². The lowest BCUT2D eigenvalue weighted by atomic mass is 9.94. The van der Waals surface area contributed by atoms with Gasteiger partial charge >= 0.3 is 0 Å². The predicted octanol–water partition coefficient (Wildman–Crippen LogP) is 1.85. The molecule has 0 unspecified atom stereocenters. The molecule has 5 rings (SSSR count). The number of aromatic nitrogens is 2. The van der Waals surface area contributed by atoms with Crippen molar-refractivity contribution in [3.8, 4) is 11.5 Å². The van der Waals surface area contributed by atoms with Crippen LogP contribution in [0.1, 0.15) is 16.7 Å². The van der Waals surface area contributed by atoms with Crippen molar-refractivity contribution in [1.29, 1.82) is 0 Å². The zero-order valence-corrected chi connectivity index (χ0v) is 17.0. The quantitative estimate of drug-likeness (QED) is 0.688. The molecule has 1 aromatic heterocycles. The maximum Gasteiger partial charge on any atom is 0.260 e. The molecule has 0 saturated heterocycles. The SMILES string of the molecule is COc1cc2nc(N3CCc4c(cccc4C4=NCCN4)C3)[nH]c(=O)c2cc1OC. The Balaban J connectivity index is 1.51. The van der Waals surface area contributed by atoms with Crippen molar-refractivity contribution in [3.05, 3.63) is 57.4 Å². The highest BCUT2D eigenvalue weighted by Crippen LogP contribution is 2.31. The minimum atomic E-state index is -0.194. The molecule has 0 fully saturated rings. The summed E-state index contributed by atoms with van der Waals surface area (Å²) >= 11 is 0. The van der Waals surface area contributed by atoms with E-state index < -0.39 is 0 Å². The van der Waals surface area contributed by atoms with E-state index in [1.165, 1.54) is 16.7 Å². The number of nitrogens with zero attached hydrogens (tertiary/aromatic N) is 3. The number of benzene rings is 2. The first-order chi connectivity index (χ1) is 14.7. The van der Waals surface area contributed by atoms with E-state index in [0.717, 1.165) is 31.9 Å². The maximum absolute atomic E-state index is 12.7. The second-order valence-electron chi connectivity index (χ2n) is 7.39. The van der Waals surface area contributed by atoms with Crippen molar-refractivity contribution in [2.75, 3.05) is 38.8 Å². The lowest BCUT2D eigenvalue weighted by Crippen LogP contribution is -2.34. The van der Waals surface area contributed by atoms with Crippen LogP contribution in [0, 0.1) is 0 Å². The third-order valence-electron chi connectivity index (χ3n) is 5.69. The van der Waals surface area contributed by atoms with Gasteiger partial charge in [0, 0.05) is 31.3 Å². The number of hydrogen-bond donors (Lipinski definition) is 2. The molecule has 0 spiro atoms. The van der Waals surface area contributed by atoms with E-state index in [1.54, 1.807) is 26.4 Å². The third kappa shape index (κ3) is 3.04. The minimum absolute atomic E-state index is 0.194. The fourth-order valence-corrected chi connectivity index (χ4v) is 4.19. The van der Waals surface area contributed by atoms with E-state index in [4.69, 9.17) is 14.5 Å². The molecule has 0 bridgehead atoms. The lowest BCUT2D eigenvalue weighted by Gasteiger charge is -2.30. The monoisotopic (exact) mass is 405 g/mol. The Morgan fingerprint density at radius 3 is 2.73 bits per heavy atom. The first-order valence-electron chi connectivity index (χ1n) is 9.98. The molecular weight excluding hydrogens is 382 g/mol. The molecule has 0 saturated carbocycles. The van der Waals surface area contributed by atoms with E-state index in [2.05, 4.69) is 38.4 Å². The number of hydrogen-bond acceptors (Lipinski definition) is 7. The van der Waals surface area contributed by atoms with Crippen molar-refractivity contribution in [2.24, 2.45) is 4.99 Å². The van der Waals surface area contributed by atoms with Crippen LogP contribution < -0.4 is 25.2 Å². The van der Waals surface area contributed by atoms with Crippen LogP contribution in [0.25, 0.3) is 10.9 Å². The van der Waals surface area contributed by atoms with Crippen molar-refractivity contribution in [3.63, 3.8) is 0 Å². The zero-order valence-electron chi connectivity index (χ0n) is 17.0. The number of amidine groups is 1. The Morgan fingerprint density at radius 2 is 1.97 bits per heavy atom. The van der Waals surface area contributed by atoms with Gasteiger partial charge in [-0.1, -0.05) is 18.2 Å². The molecule has 2 aromatic carbocycles. The fraction of sp³-hybridized carbons (Fsp3) is 0.318. The van der Waals surface area contributed by atoms with E-state index in [1.807, 2.05) is 0 Å². The number of aliphatic imine (C=N–C) groups is 1. The minimum Gasteiger partial charge on any atom is -0.493 e. The molecule has 2 aliphatic heterocycles. The molecule has 2 N–H and O–H groups in total. The largest absolute Gasteiger partial charge is 0.493 e. The van der Waals surface area contributed by atoms with Gasteiger partial charge in [-0.05, 0) is 23.6 Å². The molecule has 0 radical (unpaired) electrons. The summed E-state index contributed by atoms with van der Waals surface area (Å²) in [6.07, 6.45) is 0.861. The molecule has 8 heteroatoms. The molecule has 3 heterocycles. The predicted molar refractivity (Wildman–Crippen MR) is 116 cm³/mol. The van der Waals surface area contributed by atoms with Gasteiger partial charge in [-0.2, -0.15) is 0 Å². The summed E-state index contributed by atoms with van der Waals surface area (Å²) in [5, 5.41) is 3.84. The van der Waals surface area contributed by atoms with Crippen molar-refractivity contribution >= 4 is 22.7 Å². The van der Waals surface area contributed by atoms with Crippen molar-refractivity contribution in [1.82, 2.24) is 15.3 Å². The highest BCUT2D eigenvalue weighted by atomic mass is 16.5. The average Bonchev–Trinajstić information content (AvgIpc) is 3.32. The van der Waals surface area contributed by atoms with Crippen LogP contribution >= 0.6 is 0 Å². The number of anilines is 1. The second-order valence-corrected chi connectivity index (χ2v) is 7.39. The van der Waals surface area contributed by atoms with E-state index in [0.29, 0.717) is 34.9 Å². The number of aromatic amines is 1. The topological polar surface area (TPSA) is 91.8 Å². The van der Waals surface area contributed by atoms with Gasteiger partial charge in [0.05, 0.1) is 31.7 Å². The Hall–Kier alpha value is -3.55. The van der Waals surface area contributed by atoms with Crippen LogP contribution in [0.5, 0.6) is 11.5 Å². The lowest BCUT2D eigenvalue weighted by molar-refractivity contribution is 0.355. The van der Waals surface area contributed by atoms with Gasteiger partial charge in [-0.15, -0.1) is 0 Å². The van der Waals surface area contributed by atoms with Crippen LogP contribution in [0.4, 0.5) is 5.95 Å². The smallest absolute Gasteiger partial charge is 0.260 e. The van der Waals surface area contributed by atoms with Crippen LogP contribution in [-0.4, -0.2) is 49.7 Å². The van der Waals surface area contributed by atoms with Gasteiger partial charge < -0.3 is 19.7 Å². The Morgan fingerprint density at radius 1 is 1.13 bits per heavy atom. The van der Waals surface area contributed by atoms with Gasteiger partial charge in [-0.25, -0.2) is 4.98 Å². The molecular formula is C22H23N5O3. The van der Waals surface area contributed by atoms with E-state index in [-0.39, 0.29) is 5.56 Å². The van der Waals surface area contributed by atoms with Crippen LogP contribution in [0.15, 0.2) is 40.1 Å². The summed E-state index contributed by atoms with van der Waals surface area (Å²) in [6.45, 7) is 3.15. The molecule has 2 aliphatic rings. The number of methoxy groups -OCH3 is 2. The Labute approximate surface area is 173 Å². The highest BCUT2D eigenvalue weighted by Gasteiger charge is 2.23. The number of fused-ring (bicyclic) bond motifs is 2. The molecule has 0 aliphatic carbocycles. The maximum atomic E-state index is 12.7. The molecule has 154 valence electrons. The van der Waals surface area contributed by atoms with Gasteiger partial charge in [0.15, 0.2) is 11.5 Å². The number of H-pyrrole nitrogens is 1. The summed E-state index contributed by atoms with van der Waals surface area (Å²) in [6, 6.07) is 9.73.